The smallest absolute Gasteiger partial charge is 0.192 e. The predicted molar refractivity (Wildman–Crippen MR) is 252 cm³/mol. The van der Waals surface area contributed by atoms with E-state index >= 15 is 0 Å². The second-order valence-electron chi connectivity index (χ2n) is 21.8. The van der Waals surface area contributed by atoms with Gasteiger partial charge in [-0.1, -0.05) is 189 Å². The van der Waals surface area contributed by atoms with Crippen LogP contribution in [0.3, 0.4) is 0 Å². The molecule has 0 bridgehead atoms. The minimum Gasteiger partial charge on any atom is -0.408 e. The van der Waals surface area contributed by atoms with E-state index in [1.165, 1.54) is 193 Å². The summed E-state index contributed by atoms with van der Waals surface area (Å²) in [6, 6.07) is 0. The lowest BCUT2D eigenvalue weighted by Crippen LogP contribution is -2.58. The summed E-state index contributed by atoms with van der Waals surface area (Å²) in [5, 5.41) is 0.0665. The van der Waals surface area contributed by atoms with E-state index in [4.69, 9.17) is 23.4 Å². The average molecular weight is 839 g/mol. The van der Waals surface area contributed by atoms with E-state index in [0.717, 1.165) is 11.0 Å². The van der Waals surface area contributed by atoms with Gasteiger partial charge in [-0.05, 0) is 71.5 Å². The highest BCUT2D eigenvalue weighted by Gasteiger charge is 2.55. The fourth-order valence-corrected chi connectivity index (χ4v) is 10.5. The summed E-state index contributed by atoms with van der Waals surface area (Å²) >= 11 is 0. The highest BCUT2D eigenvalue weighted by molar-refractivity contribution is 6.74. The summed E-state index contributed by atoms with van der Waals surface area (Å²) in [7, 11) is 0.345. The first-order valence-electron chi connectivity index (χ1n) is 25.6. The van der Waals surface area contributed by atoms with Gasteiger partial charge in [-0.25, -0.2) is 0 Å². The Bertz CT molecular complexity index is 979. The Morgan fingerprint density at radius 1 is 0.552 bits per heavy atom. The number of nitrogens with zero attached hydrogens (tertiary/aromatic N) is 1. The van der Waals surface area contributed by atoms with Gasteiger partial charge in [0.15, 0.2) is 19.9 Å². The maximum atomic E-state index is 7.30. The molecule has 2 rings (SSSR count). The summed E-state index contributed by atoms with van der Waals surface area (Å²) < 4.78 is 34.9. The van der Waals surface area contributed by atoms with Gasteiger partial charge in [-0.15, -0.1) is 0 Å². The Hall–Kier alpha value is -0.0231. The molecule has 346 valence electrons. The van der Waals surface area contributed by atoms with Crippen LogP contribution in [0.1, 0.15) is 242 Å². The van der Waals surface area contributed by atoms with Crippen LogP contribution >= 0.6 is 0 Å². The quantitative estimate of drug-likeness (QED) is 0.0357. The molecule has 2 heterocycles. The van der Waals surface area contributed by atoms with Crippen molar-refractivity contribution in [3.8, 4) is 0 Å². The van der Waals surface area contributed by atoms with Gasteiger partial charge < -0.3 is 27.9 Å². The third-order valence-corrected chi connectivity index (χ3v) is 18.4. The fraction of sp³-hybridized carbons (Fsp3) is 1.00. The third kappa shape index (κ3) is 22.9. The average Bonchev–Trinajstić information content (AvgIpc) is 3.66. The molecule has 0 unspecified atom stereocenters. The number of rotatable bonds is 36. The molecule has 4 atom stereocenters. The summed E-state index contributed by atoms with van der Waals surface area (Å²) in [5.74, 6) is -1.30. The summed E-state index contributed by atoms with van der Waals surface area (Å²) in [5.41, 5.74) is 0. The lowest BCUT2D eigenvalue weighted by Gasteiger charge is -2.43. The Labute approximate surface area is 364 Å². The SMILES string of the molecule is CCCCCCCCCCCCCCCC[N+](C)(CCCCCCCCCCCCCCCC)C[C@@H]1OC(C)(C)O[C@H]1[C@@H](O[Si](C)(C)C(C)(C)C)[C@H]1COC(C)(C)O1. The van der Waals surface area contributed by atoms with Crippen molar-refractivity contribution in [3.63, 3.8) is 0 Å². The molecule has 0 saturated carbocycles. The van der Waals surface area contributed by atoms with E-state index in [-0.39, 0.29) is 29.5 Å². The maximum absolute atomic E-state index is 7.30. The van der Waals surface area contributed by atoms with Crippen molar-refractivity contribution < 1.29 is 27.9 Å². The van der Waals surface area contributed by atoms with Crippen LogP contribution < -0.4 is 0 Å². The van der Waals surface area contributed by atoms with Crippen LogP contribution in [-0.2, 0) is 23.4 Å². The number of ether oxygens (including phenoxy) is 4. The van der Waals surface area contributed by atoms with Gasteiger partial charge in [-0.3, -0.25) is 0 Å². The molecule has 0 aliphatic carbocycles. The molecule has 2 aliphatic rings. The number of likely N-dealkylation sites (N-methyl/N-ethyl adjacent to an activating group) is 1. The number of hydrogen-bond donors (Lipinski definition) is 0. The number of unbranched alkanes of at least 4 members (excludes halogenated alkanes) is 26. The van der Waals surface area contributed by atoms with Gasteiger partial charge in [0.05, 0.1) is 26.7 Å². The molecule has 6 nitrogen and oxygen atoms in total. The molecule has 0 aromatic heterocycles. The minimum atomic E-state index is -2.17. The van der Waals surface area contributed by atoms with Crippen LogP contribution in [0.2, 0.25) is 18.1 Å². The minimum absolute atomic E-state index is 0.0665. The van der Waals surface area contributed by atoms with E-state index in [2.05, 4.69) is 68.6 Å². The van der Waals surface area contributed by atoms with Crippen molar-refractivity contribution in [1.29, 1.82) is 0 Å². The van der Waals surface area contributed by atoms with E-state index in [9.17, 15) is 0 Å². The standard InChI is InChI=1S/C51H104NO5Si/c1-13-15-17-19-21-23-25-27-29-31-33-35-37-39-41-52(10,42-40-38-36-34-32-30-28-26-24-22-20-18-16-14-2)43-45-47(56-51(8,9)54-45)48(46-44-53-50(6,7)55-46)57-58(11,12)49(3,4)5/h45-48H,13-44H2,1-12H3/q+1/t45-,46+,47+,48-/m0/s1. The molecule has 0 aromatic rings. The first-order chi connectivity index (χ1) is 27.4. The number of quaternary nitrogens is 1. The molecule has 0 spiro atoms. The molecular formula is C51H104NO5Si+. The molecule has 58 heavy (non-hydrogen) atoms. The first-order valence-corrected chi connectivity index (χ1v) is 28.5. The first kappa shape index (κ1) is 54.1. The Kier molecular flexibility index (Phi) is 26.7. The van der Waals surface area contributed by atoms with E-state index in [0.29, 0.717) is 6.61 Å². The van der Waals surface area contributed by atoms with E-state index < -0.39 is 19.9 Å². The van der Waals surface area contributed by atoms with Gasteiger partial charge >= 0.3 is 0 Å². The molecule has 0 radical (unpaired) electrons. The van der Waals surface area contributed by atoms with Crippen molar-refractivity contribution in [1.82, 2.24) is 0 Å². The maximum Gasteiger partial charge on any atom is 0.192 e. The molecule has 0 amide bonds. The normalized spacial score (nSPS) is 21.6. The van der Waals surface area contributed by atoms with Crippen LogP contribution in [0, 0.1) is 0 Å². The van der Waals surface area contributed by atoms with Gasteiger partial charge in [0.2, 0.25) is 0 Å². The second-order valence-corrected chi connectivity index (χ2v) is 26.5. The Morgan fingerprint density at radius 2 is 0.914 bits per heavy atom. The summed E-state index contributed by atoms with van der Waals surface area (Å²) in [6.45, 7) is 28.4. The third-order valence-electron chi connectivity index (χ3n) is 13.9. The van der Waals surface area contributed by atoms with Crippen molar-refractivity contribution in [3.05, 3.63) is 0 Å². The van der Waals surface area contributed by atoms with Gasteiger partial charge in [0.25, 0.3) is 0 Å². The van der Waals surface area contributed by atoms with Gasteiger partial charge in [0.1, 0.15) is 31.0 Å². The number of hydrogen-bond acceptors (Lipinski definition) is 5. The van der Waals surface area contributed by atoms with Crippen molar-refractivity contribution in [2.24, 2.45) is 0 Å². The molecule has 0 N–H and O–H groups in total. The zero-order chi connectivity index (χ0) is 43.0. The van der Waals surface area contributed by atoms with Crippen LogP contribution in [-0.4, -0.2) is 82.1 Å². The topological polar surface area (TPSA) is 46.2 Å². The largest absolute Gasteiger partial charge is 0.408 e. The van der Waals surface area contributed by atoms with Crippen LogP contribution in [0.4, 0.5) is 0 Å². The zero-order valence-corrected chi connectivity index (χ0v) is 42.4. The van der Waals surface area contributed by atoms with Crippen molar-refractivity contribution >= 4 is 8.32 Å². The van der Waals surface area contributed by atoms with Crippen LogP contribution in [0.25, 0.3) is 0 Å². The van der Waals surface area contributed by atoms with Gasteiger partial charge in [-0.2, -0.15) is 0 Å². The van der Waals surface area contributed by atoms with E-state index in [1.54, 1.807) is 0 Å². The van der Waals surface area contributed by atoms with Crippen LogP contribution in [0.15, 0.2) is 0 Å². The lowest BCUT2D eigenvalue weighted by atomic mass is 10.0. The molecule has 2 aliphatic heterocycles. The molecule has 2 fully saturated rings. The summed E-state index contributed by atoms with van der Waals surface area (Å²) in [4.78, 5) is 0. The Morgan fingerprint density at radius 3 is 1.24 bits per heavy atom. The summed E-state index contributed by atoms with van der Waals surface area (Å²) in [6.07, 6.45) is 38.5. The molecule has 0 aromatic carbocycles. The van der Waals surface area contributed by atoms with Crippen molar-refractivity contribution in [2.45, 2.75) is 296 Å². The second kappa shape index (κ2) is 28.6. The monoisotopic (exact) mass is 839 g/mol. The highest BCUT2D eigenvalue weighted by Crippen LogP contribution is 2.42. The fourth-order valence-electron chi connectivity index (χ4n) is 9.14. The predicted octanol–water partition coefficient (Wildman–Crippen LogP) is 15.5. The molecule has 7 heteroatoms. The van der Waals surface area contributed by atoms with Crippen molar-refractivity contribution in [2.75, 3.05) is 33.3 Å². The van der Waals surface area contributed by atoms with E-state index in [1.807, 2.05) is 13.8 Å². The lowest BCUT2D eigenvalue weighted by molar-refractivity contribution is -0.913. The molecular weight excluding hydrogens is 735 g/mol. The molecule has 2 saturated heterocycles. The Balaban J connectivity index is 1.99. The zero-order valence-electron chi connectivity index (χ0n) is 41.4. The van der Waals surface area contributed by atoms with Crippen LogP contribution in [0.5, 0.6) is 0 Å². The van der Waals surface area contributed by atoms with Gasteiger partial charge in [0, 0.05) is 0 Å². The highest BCUT2D eigenvalue weighted by atomic mass is 28.4.